The fourth-order valence-electron chi connectivity index (χ4n) is 5.89. The minimum atomic E-state index is -1.21. The molecule has 1 amide bonds. The molecule has 1 aliphatic carbocycles. The lowest BCUT2D eigenvalue weighted by atomic mass is 9.75. The highest BCUT2D eigenvalue weighted by atomic mass is 19.2. The van der Waals surface area contributed by atoms with Crippen LogP contribution in [0.1, 0.15) is 48.1 Å². The smallest absolute Gasteiger partial charge is 0.230 e. The maximum atomic E-state index is 14.6. The van der Waals surface area contributed by atoms with E-state index in [9.17, 15) is 13.6 Å². The van der Waals surface area contributed by atoms with E-state index in [-0.39, 0.29) is 18.6 Å². The van der Waals surface area contributed by atoms with Crippen LogP contribution in [0.2, 0.25) is 0 Å². The predicted molar refractivity (Wildman–Crippen MR) is 158 cm³/mol. The van der Waals surface area contributed by atoms with E-state index in [1.807, 2.05) is 17.0 Å². The molecule has 2 heterocycles. The maximum Gasteiger partial charge on any atom is 0.230 e. The number of aromatic amines is 1. The van der Waals surface area contributed by atoms with Crippen LogP contribution in [0.15, 0.2) is 42.6 Å². The molecule has 0 radical (unpaired) electrons. The molecule has 2 atom stereocenters. The van der Waals surface area contributed by atoms with Crippen molar-refractivity contribution in [2.24, 2.45) is 5.92 Å². The number of hydrogen-bond donors (Lipinski definition) is 2. The molecular formula is C32H41F2N5O5. The van der Waals surface area contributed by atoms with Crippen LogP contribution >= 0.6 is 0 Å². The number of benzene rings is 2. The topological polar surface area (TPSA) is 111 Å². The van der Waals surface area contributed by atoms with Crippen LogP contribution in [-0.4, -0.2) is 79.4 Å². The summed E-state index contributed by atoms with van der Waals surface area (Å²) in [6.45, 7) is 2.82. The molecule has 2 fully saturated rings. The minimum Gasteiger partial charge on any atom is -0.491 e. The van der Waals surface area contributed by atoms with Crippen molar-refractivity contribution >= 4 is 5.91 Å². The number of methoxy groups -OCH3 is 2. The van der Waals surface area contributed by atoms with Crippen molar-refractivity contribution in [3.05, 3.63) is 76.6 Å². The van der Waals surface area contributed by atoms with E-state index in [2.05, 4.69) is 26.8 Å². The van der Waals surface area contributed by atoms with E-state index >= 15 is 0 Å². The fourth-order valence-corrected chi connectivity index (χ4v) is 5.89. The molecule has 3 aromatic rings. The summed E-state index contributed by atoms with van der Waals surface area (Å²) in [5.41, 5.74) is 1.81. The number of aromatic nitrogens is 3. The van der Waals surface area contributed by atoms with Crippen molar-refractivity contribution in [1.29, 1.82) is 0 Å². The third-order valence-electron chi connectivity index (χ3n) is 8.25. The van der Waals surface area contributed by atoms with Crippen molar-refractivity contribution in [3.8, 4) is 5.75 Å². The van der Waals surface area contributed by atoms with E-state index < -0.39 is 23.2 Å². The molecule has 1 saturated heterocycles. The molecule has 0 spiro atoms. The quantitative estimate of drug-likeness (QED) is 0.234. The number of hydrogen-bond acceptors (Lipinski definition) is 8. The van der Waals surface area contributed by atoms with Gasteiger partial charge in [0.2, 0.25) is 5.91 Å². The van der Waals surface area contributed by atoms with Gasteiger partial charge in [0, 0.05) is 40.0 Å². The molecule has 10 nitrogen and oxygen atoms in total. The number of carbonyl (C=O) groups excluding carboxylic acids is 1. The number of amides is 1. The molecule has 0 unspecified atom stereocenters. The first-order valence-corrected chi connectivity index (χ1v) is 15.1. The number of halogens is 2. The minimum absolute atomic E-state index is 0.0500. The van der Waals surface area contributed by atoms with Gasteiger partial charge < -0.3 is 29.2 Å². The second-order valence-electron chi connectivity index (χ2n) is 11.4. The van der Waals surface area contributed by atoms with Crippen LogP contribution in [0.4, 0.5) is 8.78 Å². The van der Waals surface area contributed by atoms with Crippen LogP contribution < -0.4 is 10.1 Å². The normalized spacial score (nSPS) is 20.0. The molecule has 238 valence electrons. The third-order valence-corrected chi connectivity index (χ3v) is 8.25. The van der Waals surface area contributed by atoms with Crippen molar-refractivity contribution in [3.63, 3.8) is 0 Å². The van der Waals surface area contributed by atoms with E-state index in [4.69, 9.17) is 18.9 Å². The SMILES string of the molecule is COCCCc1cc(CN(C(=O)[C@H]2CNCC[C@]2(OCc2cn[nH]n2)c2ccc(F)c(F)c2)C2CC2)cc(OCCOC)c1. The maximum absolute atomic E-state index is 14.6. The zero-order valence-corrected chi connectivity index (χ0v) is 25.3. The number of piperidine rings is 1. The van der Waals surface area contributed by atoms with Crippen molar-refractivity contribution < 1.29 is 32.5 Å². The molecule has 44 heavy (non-hydrogen) atoms. The Morgan fingerprint density at radius 1 is 1.05 bits per heavy atom. The highest BCUT2D eigenvalue weighted by molar-refractivity contribution is 5.81. The number of carbonyl (C=O) groups is 1. The van der Waals surface area contributed by atoms with Crippen molar-refractivity contribution in [1.82, 2.24) is 25.6 Å². The Morgan fingerprint density at radius 3 is 2.59 bits per heavy atom. The first-order chi connectivity index (χ1) is 21.4. The van der Waals surface area contributed by atoms with Gasteiger partial charge in [-0.3, -0.25) is 4.79 Å². The summed E-state index contributed by atoms with van der Waals surface area (Å²) >= 11 is 0. The number of rotatable bonds is 16. The van der Waals surface area contributed by atoms with E-state index in [1.54, 1.807) is 20.4 Å². The fraction of sp³-hybridized carbons (Fsp3) is 0.531. The highest BCUT2D eigenvalue weighted by Crippen LogP contribution is 2.43. The monoisotopic (exact) mass is 613 g/mol. The molecule has 1 aliphatic heterocycles. The zero-order chi connectivity index (χ0) is 30.9. The van der Waals surface area contributed by atoms with Gasteiger partial charge in [0.1, 0.15) is 23.7 Å². The summed E-state index contributed by atoms with van der Waals surface area (Å²) in [6, 6.07) is 9.95. The van der Waals surface area contributed by atoms with Crippen LogP contribution in [-0.2, 0) is 44.2 Å². The average Bonchev–Trinajstić information content (AvgIpc) is 3.74. The van der Waals surface area contributed by atoms with Crippen LogP contribution in [0.5, 0.6) is 5.75 Å². The van der Waals surface area contributed by atoms with Gasteiger partial charge in [0.15, 0.2) is 11.6 Å². The van der Waals surface area contributed by atoms with Crippen molar-refractivity contribution in [2.45, 2.75) is 56.9 Å². The largest absolute Gasteiger partial charge is 0.491 e. The Bertz CT molecular complexity index is 1340. The van der Waals surface area contributed by atoms with Gasteiger partial charge in [0.25, 0.3) is 0 Å². The molecule has 1 saturated carbocycles. The lowest BCUT2D eigenvalue weighted by Gasteiger charge is -2.45. The van der Waals surface area contributed by atoms with Gasteiger partial charge in [-0.15, -0.1) is 0 Å². The number of aryl methyl sites for hydroxylation is 1. The number of nitrogens with zero attached hydrogens (tertiary/aromatic N) is 3. The molecule has 2 aromatic carbocycles. The molecule has 2 aliphatic rings. The van der Waals surface area contributed by atoms with Gasteiger partial charge in [-0.05, 0) is 79.6 Å². The zero-order valence-electron chi connectivity index (χ0n) is 25.3. The van der Waals surface area contributed by atoms with E-state index in [0.717, 1.165) is 54.7 Å². The Balaban J connectivity index is 1.45. The lowest BCUT2D eigenvalue weighted by Crippen LogP contribution is -2.56. The molecule has 5 rings (SSSR count). The Labute approximate surface area is 256 Å². The Kier molecular flexibility index (Phi) is 10.9. The van der Waals surface area contributed by atoms with Gasteiger partial charge >= 0.3 is 0 Å². The van der Waals surface area contributed by atoms with Gasteiger partial charge in [-0.2, -0.15) is 15.4 Å². The number of nitrogens with one attached hydrogen (secondary N) is 2. The van der Waals surface area contributed by atoms with Gasteiger partial charge in [-0.1, -0.05) is 12.1 Å². The molecule has 12 heteroatoms. The highest BCUT2D eigenvalue weighted by Gasteiger charge is 2.50. The van der Waals surface area contributed by atoms with Crippen LogP contribution in [0.3, 0.4) is 0 Å². The summed E-state index contributed by atoms with van der Waals surface area (Å²) in [5.74, 6) is -2.01. The molecule has 1 aromatic heterocycles. The summed E-state index contributed by atoms with van der Waals surface area (Å²) in [6.07, 6.45) is 5.39. The summed E-state index contributed by atoms with van der Waals surface area (Å²) in [5, 5.41) is 13.9. The summed E-state index contributed by atoms with van der Waals surface area (Å²) < 4.78 is 51.6. The van der Waals surface area contributed by atoms with Crippen LogP contribution in [0, 0.1) is 17.6 Å². The third kappa shape index (κ3) is 7.79. The predicted octanol–water partition coefficient (Wildman–Crippen LogP) is 3.90. The standard InChI is InChI=1S/C32H41F2N5O5/c1-41-11-3-4-22-14-23(16-27(15-22)43-13-12-42-2)20-39(26-6-7-26)31(40)28-19-35-10-9-32(28,44-21-25-18-36-38-37-25)24-5-8-29(33)30(34)17-24/h5,8,14-18,26,28,35H,3-4,6-7,9-13,19-21H2,1-2H3,(H,36,37,38)/t28-,32+/m1/s1. The average molecular weight is 614 g/mol. The van der Waals surface area contributed by atoms with E-state index in [1.165, 1.54) is 6.07 Å². The van der Waals surface area contributed by atoms with Crippen molar-refractivity contribution in [2.75, 3.05) is 47.1 Å². The van der Waals surface area contributed by atoms with Gasteiger partial charge in [0.05, 0.1) is 25.3 Å². The Hall–Kier alpha value is -3.45. The Morgan fingerprint density at radius 2 is 1.86 bits per heavy atom. The summed E-state index contributed by atoms with van der Waals surface area (Å²) in [4.78, 5) is 16.5. The number of ether oxygens (including phenoxy) is 4. The number of H-pyrrole nitrogens is 1. The first kappa shape index (κ1) is 32.0. The summed E-state index contributed by atoms with van der Waals surface area (Å²) in [7, 11) is 3.32. The molecular weight excluding hydrogens is 572 g/mol. The molecule has 0 bridgehead atoms. The van der Waals surface area contributed by atoms with Crippen LogP contribution in [0.25, 0.3) is 0 Å². The first-order valence-electron chi connectivity index (χ1n) is 15.1. The molecule has 2 N–H and O–H groups in total. The lowest BCUT2D eigenvalue weighted by molar-refractivity contribution is -0.163. The van der Waals surface area contributed by atoms with Gasteiger partial charge in [-0.25, -0.2) is 8.78 Å². The van der Waals surface area contributed by atoms with E-state index in [0.29, 0.717) is 57.1 Å². The second-order valence-corrected chi connectivity index (χ2v) is 11.4. The second kappa shape index (κ2) is 15.0.